The number of rotatable bonds is 2. The summed E-state index contributed by atoms with van der Waals surface area (Å²) in [5.74, 6) is -0.712. The number of halogens is 3. The molecule has 8 nitrogen and oxygen atoms in total. The molecule has 0 aliphatic rings. The van der Waals surface area contributed by atoms with Crippen LogP contribution in [0, 0.1) is 10.1 Å². The van der Waals surface area contributed by atoms with Crippen LogP contribution in [-0.2, 0) is 6.18 Å². The van der Waals surface area contributed by atoms with E-state index in [1.54, 1.807) is 20.8 Å². The molecule has 0 saturated heterocycles. The van der Waals surface area contributed by atoms with Crippen LogP contribution in [0.3, 0.4) is 0 Å². The first-order valence-corrected chi connectivity index (χ1v) is 6.59. The number of nitrogens with one attached hydrogen (secondary N) is 2. The molecular weight excluding hydrogens is 331 g/mol. The van der Waals surface area contributed by atoms with Gasteiger partial charge >= 0.3 is 12.2 Å². The van der Waals surface area contributed by atoms with Gasteiger partial charge in [-0.25, -0.2) is 9.79 Å². The molecule has 1 aromatic rings. The number of nitro benzene ring substituents is 1. The topological polar surface area (TPSA) is 123 Å². The zero-order valence-electron chi connectivity index (χ0n) is 13.1. The fourth-order valence-corrected chi connectivity index (χ4v) is 1.66. The van der Waals surface area contributed by atoms with E-state index in [2.05, 4.69) is 10.3 Å². The highest BCUT2D eigenvalue weighted by Crippen LogP contribution is 2.41. The van der Waals surface area contributed by atoms with Gasteiger partial charge in [0.1, 0.15) is 0 Å². The number of carbonyl (C=O) groups is 1. The lowest BCUT2D eigenvalue weighted by Crippen LogP contribution is -2.50. The third-order valence-electron chi connectivity index (χ3n) is 2.48. The molecule has 0 saturated carbocycles. The van der Waals surface area contributed by atoms with Gasteiger partial charge in [-0.3, -0.25) is 15.4 Å². The van der Waals surface area contributed by atoms with E-state index in [4.69, 9.17) is 5.73 Å². The Morgan fingerprint density at radius 2 is 1.88 bits per heavy atom. The third kappa shape index (κ3) is 5.41. The van der Waals surface area contributed by atoms with Gasteiger partial charge in [-0.15, -0.1) is 0 Å². The van der Waals surface area contributed by atoms with Gasteiger partial charge in [-0.05, 0) is 26.8 Å². The molecule has 1 aromatic carbocycles. The van der Waals surface area contributed by atoms with Crippen LogP contribution in [0.4, 0.5) is 29.3 Å². The molecule has 132 valence electrons. The lowest BCUT2D eigenvalue weighted by Gasteiger charge is -2.20. The average molecular weight is 347 g/mol. The molecule has 0 aromatic heterocycles. The summed E-state index contributed by atoms with van der Waals surface area (Å²) >= 11 is 0. The van der Waals surface area contributed by atoms with Gasteiger partial charge in [0.15, 0.2) is 5.69 Å². The largest absolute Gasteiger partial charge is 0.418 e. The van der Waals surface area contributed by atoms with Crippen molar-refractivity contribution < 1.29 is 22.9 Å². The van der Waals surface area contributed by atoms with Crippen LogP contribution in [0.15, 0.2) is 23.2 Å². The Kier molecular flexibility index (Phi) is 5.38. The molecule has 0 unspecified atom stereocenters. The Bertz CT molecular complexity index is 680. The van der Waals surface area contributed by atoms with Crippen molar-refractivity contribution in [3.8, 4) is 0 Å². The van der Waals surface area contributed by atoms with E-state index in [0.717, 1.165) is 12.1 Å². The van der Waals surface area contributed by atoms with Crippen LogP contribution in [0.5, 0.6) is 0 Å². The van der Waals surface area contributed by atoms with Gasteiger partial charge in [-0.1, -0.05) is 6.07 Å². The van der Waals surface area contributed by atoms with Crippen molar-refractivity contribution in [2.75, 3.05) is 0 Å². The quantitative estimate of drug-likeness (QED) is 0.329. The first kappa shape index (κ1) is 19.2. The van der Waals surface area contributed by atoms with E-state index in [1.807, 2.05) is 5.32 Å². The molecule has 0 heterocycles. The Hall–Kier alpha value is -2.85. The molecule has 0 spiro atoms. The zero-order chi connectivity index (χ0) is 18.7. The Morgan fingerprint density at radius 1 is 1.29 bits per heavy atom. The van der Waals surface area contributed by atoms with Crippen molar-refractivity contribution in [1.82, 2.24) is 10.6 Å². The first-order chi connectivity index (χ1) is 10.8. The van der Waals surface area contributed by atoms with Crippen molar-refractivity contribution in [2.45, 2.75) is 32.5 Å². The second-order valence-corrected chi connectivity index (χ2v) is 5.75. The zero-order valence-corrected chi connectivity index (χ0v) is 13.1. The molecule has 0 radical (unpaired) electrons. The first-order valence-electron chi connectivity index (χ1n) is 6.59. The maximum Gasteiger partial charge on any atom is 0.418 e. The van der Waals surface area contributed by atoms with Gasteiger partial charge in [0.2, 0.25) is 5.96 Å². The van der Waals surface area contributed by atoms with E-state index in [-0.39, 0.29) is 0 Å². The predicted octanol–water partition coefficient (Wildman–Crippen LogP) is 2.66. The number of guanidine groups is 1. The number of nitrogens with zero attached hydrogens (tertiary/aromatic N) is 2. The van der Waals surface area contributed by atoms with E-state index < -0.39 is 45.6 Å². The molecule has 0 aliphatic carbocycles. The van der Waals surface area contributed by atoms with Gasteiger partial charge < -0.3 is 11.1 Å². The van der Waals surface area contributed by atoms with E-state index in [0.29, 0.717) is 6.07 Å². The number of aliphatic imine (C=N–C) groups is 1. The average Bonchev–Trinajstić information content (AvgIpc) is 2.34. The predicted molar refractivity (Wildman–Crippen MR) is 80.8 cm³/mol. The van der Waals surface area contributed by atoms with Crippen LogP contribution >= 0.6 is 0 Å². The number of alkyl halides is 3. The summed E-state index contributed by atoms with van der Waals surface area (Å²) in [5.41, 5.74) is 1.57. The number of nitrogens with two attached hydrogens (primary N) is 1. The van der Waals surface area contributed by atoms with Crippen molar-refractivity contribution >= 4 is 23.4 Å². The molecular formula is C13H16F3N5O3. The molecule has 0 fully saturated rings. The van der Waals surface area contributed by atoms with Crippen molar-refractivity contribution in [3.05, 3.63) is 33.9 Å². The molecule has 0 atom stereocenters. The van der Waals surface area contributed by atoms with Crippen LogP contribution in [0.25, 0.3) is 0 Å². The number of hydrogen-bond donors (Lipinski definition) is 3. The fraction of sp³-hybridized carbons (Fsp3) is 0.385. The summed E-state index contributed by atoms with van der Waals surface area (Å²) in [6.07, 6.45) is -4.88. The number of carbonyl (C=O) groups excluding carboxylic acids is 1. The monoisotopic (exact) mass is 347 g/mol. The van der Waals surface area contributed by atoms with Crippen LogP contribution in [0.1, 0.15) is 26.3 Å². The van der Waals surface area contributed by atoms with Gasteiger partial charge in [0, 0.05) is 11.6 Å². The van der Waals surface area contributed by atoms with E-state index in [9.17, 15) is 28.1 Å². The molecule has 11 heteroatoms. The summed E-state index contributed by atoms with van der Waals surface area (Å²) < 4.78 is 39.0. The summed E-state index contributed by atoms with van der Waals surface area (Å²) in [5, 5.41) is 15.4. The van der Waals surface area contributed by atoms with E-state index in [1.165, 1.54) is 0 Å². The number of amides is 2. The van der Waals surface area contributed by atoms with Crippen molar-refractivity contribution in [3.63, 3.8) is 0 Å². The SMILES string of the molecule is CC(C)(C)NC(=O)NC(N)=Nc1c([N+](=O)[O-])cccc1C(F)(F)F. The summed E-state index contributed by atoms with van der Waals surface area (Å²) in [4.78, 5) is 24.9. The molecule has 2 amide bonds. The minimum absolute atomic E-state index is 0.625. The Balaban J connectivity index is 3.25. The standard InChI is InChI=1S/C13H16F3N5O3/c1-12(2,3)20-11(22)19-10(17)18-9-7(13(14,15)16)5-4-6-8(9)21(23)24/h4-6H,1-3H3,(H4,17,18,19,20,22). The molecule has 1 rings (SSSR count). The normalized spacial score (nSPS) is 12.7. The number of para-hydroxylation sites is 1. The number of nitro groups is 1. The number of benzene rings is 1. The summed E-state index contributed by atoms with van der Waals surface area (Å²) in [6, 6.07) is 1.57. The highest BCUT2D eigenvalue weighted by Gasteiger charge is 2.37. The van der Waals surface area contributed by atoms with Crippen LogP contribution in [-0.4, -0.2) is 22.5 Å². The Morgan fingerprint density at radius 3 is 2.33 bits per heavy atom. The Labute approximate surface area is 135 Å². The second kappa shape index (κ2) is 6.72. The smallest absolute Gasteiger partial charge is 0.369 e. The number of hydrogen-bond acceptors (Lipinski definition) is 4. The minimum Gasteiger partial charge on any atom is -0.369 e. The third-order valence-corrected chi connectivity index (χ3v) is 2.48. The lowest BCUT2D eigenvalue weighted by molar-refractivity contribution is -0.384. The summed E-state index contributed by atoms with van der Waals surface area (Å²) in [7, 11) is 0. The molecule has 4 N–H and O–H groups in total. The highest BCUT2D eigenvalue weighted by molar-refractivity contribution is 5.97. The maximum absolute atomic E-state index is 13.0. The lowest BCUT2D eigenvalue weighted by atomic mass is 10.1. The second-order valence-electron chi connectivity index (χ2n) is 5.75. The van der Waals surface area contributed by atoms with Crippen LogP contribution in [0.2, 0.25) is 0 Å². The van der Waals surface area contributed by atoms with Crippen LogP contribution < -0.4 is 16.4 Å². The molecule has 0 bridgehead atoms. The fourth-order valence-electron chi connectivity index (χ4n) is 1.66. The van der Waals surface area contributed by atoms with Gasteiger partial charge in [0.25, 0.3) is 5.69 Å². The minimum atomic E-state index is -4.88. The maximum atomic E-state index is 13.0. The number of urea groups is 1. The van der Waals surface area contributed by atoms with Gasteiger partial charge in [-0.2, -0.15) is 13.2 Å². The van der Waals surface area contributed by atoms with Crippen molar-refractivity contribution in [1.29, 1.82) is 0 Å². The van der Waals surface area contributed by atoms with E-state index >= 15 is 0 Å². The van der Waals surface area contributed by atoms with Gasteiger partial charge in [0.05, 0.1) is 10.5 Å². The summed E-state index contributed by atoms with van der Waals surface area (Å²) in [6.45, 7) is 5.01. The molecule has 0 aliphatic heterocycles. The molecule has 24 heavy (non-hydrogen) atoms. The highest BCUT2D eigenvalue weighted by atomic mass is 19.4. The van der Waals surface area contributed by atoms with Crippen molar-refractivity contribution in [2.24, 2.45) is 10.7 Å².